The molecular formula is C19H20N8O2. The largest absolute Gasteiger partial charge is 0.464 e. The Bertz CT molecular complexity index is 1090. The molecule has 1 unspecified atom stereocenters. The highest BCUT2D eigenvalue weighted by molar-refractivity contribution is 5.65. The van der Waals surface area contributed by atoms with Crippen molar-refractivity contribution in [3.05, 3.63) is 48.5 Å². The maximum absolute atomic E-state index is 6.20. The van der Waals surface area contributed by atoms with Gasteiger partial charge in [0.1, 0.15) is 12.0 Å². The number of anilines is 1. The predicted molar refractivity (Wildman–Crippen MR) is 105 cm³/mol. The number of fused-ring (bicyclic) bond motifs is 1. The molecule has 1 aromatic carbocycles. The molecule has 1 atom stereocenters. The van der Waals surface area contributed by atoms with Crippen LogP contribution in [0.25, 0.3) is 17.0 Å². The van der Waals surface area contributed by atoms with Crippen LogP contribution in [0.2, 0.25) is 0 Å². The standard InChI is InChI=1S/C19H20N8O2/c1-13(17-20-12-21-23-17)29-19-15(26-7-9-28-10-8-26)11-16-22-24-18(27(16)25-19)14-5-3-2-4-6-14/h2-6,11-13H,7-10H2,1H3,(H,20,21,23). The van der Waals surface area contributed by atoms with Gasteiger partial charge in [-0.25, -0.2) is 4.98 Å². The lowest BCUT2D eigenvalue weighted by molar-refractivity contribution is 0.122. The maximum atomic E-state index is 6.20. The molecule has 1 aliphatic heterocycles. The van der Waals surface area contributed by atoms with Crippen molar-refractivity contribution in [3.8, 4) is 17.3 Å². The molecular weight excluding hydrogens is 372 g/mol. The first-order valence-corrected chi connectivity index (χ1v) is 9.46. The zero-order chi connectivity index (χ0) is 19.6. The van der Waals surface area contributed by atoms with Crippen molar-refractivity contribution >= 4 is 11.3 Å². The zero-order valence-electron chi connectivity index (χ0n) is 15.9. The highest BCUT2D eigenvalue weighted by Gasteiger charge is 2.23. The number of aromatic amines is 1. The van der Waals surface area contributed by atoms with Crippen LogP contribution >= 0.6 is 0 Å². The van der Waals surface area contributed by atoms with Gasteiger partial charge < -0.3 is 14.4 Å². The van der Waals surface area contributed by atoms with E-state index in [0.29, 0.717) is 36.4 Å². The van der Waals surface area contributed by atoms with Crippen LogP contribution < -0.4 is 9.64 Å². The van der Waals surface area contributed by atoms with Crippen LogP contribution in [-0.4, -0.2) is 61.3 Å². The predicted octanol–water partition coefficient (Wildman–Crippen LogP) is 1.89. The average molecular weight is 392 g/mol. The topological polar surface area (TPSA) is 106 Å². The fourth-order valence-corrected chi connectivity index (χ4v) is 3.32. The van der Waals surface area contributed by atoms with Gasteiger partial charge >= 0.3 is 0 Å². The molecule has 1 saturated heterocycles. The fraction of sp³-hybridized carbons (Fsp3) is 0.316. The lowest BCUT2D eigenvalue weighted by atomic mass is 10.2. The molecule has 10 nitrogen and oxygen atoms in total. The van der Waals surface area contributed by atoms with Crippen LogP contribution in [-0.2, 0) is 4.74 Å². The average Bonchev–Trinajstić information content (AvgIpc) is 3.44. The minimum absolute atomic E-state index is 0.373. The maximum Gasteiger partial charge on any atom is 0.256 e. The van der Waals surface area contributed by atoms with Crippen LogP contribution in [0.5, 0.6) is 5.88 Å². The summed E-state index contributed by atoms with van der Waals surface area (Å²) < 4.78 is 13.4. The van der Waals surface area contributed by atoms with Gasteiger partial charge in [0, 0.05) is 24.7 Å². The van der Waals surface area contributed by atoms with Crippen LogP contribution in [0.15, 0.2) is 42.7 Å². The summed E-state index contributed by atoms with van der Waals surface area (Å²) >= 11 is 0. The van der Waals surface area contributed by atoms with Crippen molar-refractivity contribution in [3.63, 3.8) is 0 Å². The first-order valence-electron chi connectivity index (χ1n) is 9.46. The molecule has 0 bridgehead atoms. The van der Waals surface area contributed by atoms with E-state index in [4.69, 9.17) is 14.6 Å². The molecule has 4 aromatic rings. The Morgan fingerprint density at radius 2 is 1.97 bits per heavy atom. The summed E-state index contributed by atoms with van der Waals surface area (Å²) in [6.07, 6.45) is 1.16. The number of benzene rings is 1. The lowest BCUT2D eigenvalue weighted by Crippen LogP contribution is -2.36. The Labute approximate surface area is 166 Å². The zero-order valence-corrected chi connectivity index (χ0v) is 15.9. The summed E-state index contributed by atoms with van der Waals surface area (Å²) in [5, 5.41) is 20.3. The van der Waals surface area contributed by atoms with Crippen LogP contribution in [0.1, 0.15) is 18.9 Å². The van der Waals surface area contributed by atoms with Gasteiger partial charge in [-0.3, -0.25) is 5.10 Å². The van der Waals surface area contributed by atoms with Gasteiger partial charge in [-0.15, -0.1) is 15.3 Å². The van der Waals surface area contributed by atoms with E-state index in [1.54, 1.807) is 4.52 Å². The van der Waals surface area contributed by atoms with E-state index in [2.05, 4.69) is 30.3 Å². The molecule has 0 aliphatic carbocycles. The third-order valence-corrected chi connectivity index (χ3v) is 4.81. The van der Waals surface area contributed by atoms with Crippen molar-refractivity contribution < 1.29 is 9.47 Å². The number of nitrogens with one attached hydrogen (secondary N) is 1. The van der Waals surface area contributed by atoms with Crippen molar-refractivity contribution in [1.29, 1.82) is 0 Å². The molecule has 0 amide bonds. The number of H-pyrrole nitrogens is 1. The van der Waals surface area contributed by atoms with E-state index >= 15 is 0 Å². The summed E-state index contributed by atoms with van der Waals surface area (Å²) in [6.45, 7) is 4.71. The normalized spacial score (nSPS) is 15.6. The highest BCUT2D eigenvalue weighted by Crippen LogP contribution is 2.32. The Morgan fingerprint density at radius 3 is 2.72 bits per heavy atom. The van der Waals surface area contributed by atoms with Gasteiger partial charge in [-0.05, 0) is 6.92 Å². The summed E-state index contributed by atoms with van der Waals surface area (Å²) in [5.74, 6) is 1.70. The van der Waals surface area contributed by atoms with Gasteiger partial charge in [0.25, 0.3) is 5.88 Å². The second-order valence-electron chi connectivity index (χ2n) is 6.71. The summed E-state index contributed by atoms with van der Waals surface area (Å²) in [4.78, 5) is 6.38. The monoisotopic (exact) mass is 392 g/mol. The van der Waals surface area contributed by atoms with E-state index < -0.39 is 0 Å². The van der Waals surface area contributed by atoms with Crippen LogP contribution in [0, 0.1) is 0 Å². The Morgan fingerprint density at radius 1 is 1.14 bits per heavy atom. The number of hydrogen-bond acceptors (Lipinski definition) is 8. The van der Waals surface area contributed by atoms with Crippen molar-refractivity contribution in [2.75, 3.05) is 31.2 Å². The third kappa shape index (κ3) is 3.38. The summed E-state index contributed by atoms with van der Waals surface area (Å²) in [7, 11) is 0. The van der Waals surface area contributed by atoms with Gasteiger partial charge in [0.05, 0.1) is 13.2 Å². The molecule has 0 saturated carbocycles. The minimum Gasteiger partial charge on any atom is -0.464 e. The number of nitrogens with zero attached hydrogens (tertiary/aromatic N) is 7. The van der Waals surface area contributed by atoms with Crippen molar-refractivity contribution in [2.24, 2.45) is 0 Å². The molecule has 1 fully saturated rings. The second kappa shape index (κ2) is 7.47. The third-order valence-electron chi connectivity index (χ3n) is 4.81. The van der Waals surface area contributed by atoms with Crippen LogP contribution in [0.4, 0.5) is 5.69 Å². The van der Waals surface area contributed by atoms with E-state index in [1.807, 2.05) is 43.3 Å². The van der Waals surface area contributed by atoms with Gasteiger partial charge in [-0.2, -0.15) is 9.61 Å². The fourth-order valence-electron chi connectivity index (χ4n) is 3.32. The van der Waals surface area contributed by atoms with Gasteiger partial charge in [0.15, 0.2) is 23.4 Å². The molecule has 1 aliphatic rings. The minimum atomic E-state index is -0.373. The van der Waals surface area contributed by atoms with E-state index in [9.17, 15) is 0 Å². The van der Waals surface area contributed by atoms with Crippen molar-refractivity contribution in [1.82, 2.24) is 35.0 Å². The molecule has 29 heavy (non-hydrogen) atoms. The molecule has 3 aromatic heterocycles. The quantitative estimate of drug-likeness (QED) is 0.549. The molecule has 1 N–H and O–H groups in total. The smallest absolute Gasteiger partial charge is 0.256 e. The Hall–Kier alpha value is -3.53. The van der Waals surface area contributed by atoms with Gasteiger partial charge in [-0.1, -0.05) is 30.3 Å². The number of aromatic nitrogens is 7. The summed E-state index contributed by atoms with van der Waals surface area (Å²) in [5.41, 5.74) is 2.44. The number of rotatable bonds is 5. The van der Waals surface area contributed by atoms with E-state index in [-0.39, 0.29) is 6.10 Å². The SMILES string of the molecule is CC(Oc1nn2c(-c3ccccc3)nnc2cc1N1CCOCC1)c1nc[nH]n1. The molecule has 0 spiro atoms. The lowest BCUT2D eigenvalue weighted by Gasteiger charge is -2.30. The molecule has 10 heteroatoms. The molecule has 5 rings (SSSR count). The first-order chi connectivity index (χ1) is 14.3. The Balaban J connectivity index is 1.60. The first kappa shape index (κ1) is 17.6. The highest BCUT2D eigenvalue weighted by atomic mass is 16.5. The van der Waals surface area contributed by atoms with E-state index in [0.717, 1.165) is 24.3 Å². The van der Waals surface area contributed by atoms with Crippen molar-refractivity contribution in [2.45, 2.75) is 13.0 Å². The Kier molecular flexibility index (Phi) is 4.53. The number of ether oxygens (including phenoxy) is 2. The van der Waals surface area contributed by atoms with Gasteiger partial charge in [0.2, 0.25) is 0 Å². The molecule has 4 heterocycles. The number of hydrogen-bond donors (Lipinski definition) is 1. The number of morpholine rings is 1. The molecule has 0 radical (unpaired) electrons. The summed E-state index contributed by atoms with van der Waals surface area (Å²) in [6, 6.07) is 11.8. The van der Waals surface area contributed by atoms with Crippen LogP contribution in [0.3, 0.4) is 0 Å². The molecule has 148 valence electrons. The second-order valence-corrected chi connectivity index (χ2v) is 6.71. The van der Waals surface area contributed by atoms with E-state index in [1.165, 1.54) is 6.33 Å².